The molecule has 0 saturated carbocycles. The fraction of sp³-hybridized carbons (Fsp3) is 0.562. The highest BCUT2D eigenvalue weighted by Gasteiger charge is 2.24. The fourth-order valence-electron chi connectivity index (χ4n) is 2.82. The smallest absolute Gasteiger partial charge is 0.244 e. The maximum absolute atomic E-state index is 12.7. The highest BCUT2D eigenvalue weighted by Crippen LogP contribution is 2.24. The van der Waals surface area contributed by atoms with Gasteiger partial charge in [0.1, 0.15) is 18.2 Å². The molecule has 2 aromatic heterocycles. The van der Waals surface area contributed by atoms with Crippen molar-refractivity contribution in [3.05, 3.63) is 33.5 Å². The lowest BCUT2D eigenvalue weighted by Gasteiger charge is -2.27. The second-order valence-corrected chi connectivity index (χ2v) is 7.38. The number of aromatic nitrogens is 3. The van der Waals surface area contributed by atoms with Gasteiger partial charge in [0, 0.05) is 18.0 Å². The van der Waals surface area contributed by atoms with Crippen LogP contribution in [0.3, 0.4) is 0 Å². The quantitative estimate of drug-likeness (QED) is 0.927. The summed E-state index contributed by atoms with van der Waals surface area (Å²) in [7, 11) is 0. The second kappa shape index (κ2) is 6.41. The highest BCUT2D eigenvalue weighted by molar-refractivity contribution is 7.10. The number of carbonyl (C=O) groups is 1. The van der Waals surface area contributed by atoms with E-state index in [1.807, 2.05) is 25.7 Å². The molecule has 2 aromatic rings. The molecule has 1 atom stereocenters. The molecular weight excluding hydrogens is 310 g/mol. The van der Waals surface area contributed by atoms with Gasteiger partial charge in [-0.15, -0.1) is 11.3 Å². The minimum absolute atomic E-state index is 0.0731. The number of hydrogen-bond donors (Lipinski definition) is 1. The monoisotopic (exact) mass is 333 g/mol. The summed E-state index contributed by atoms with van der Waals surface area (Å²) in [4.78, 5) is 20.4. The molecule has 3 rings (SSSR count). The average molecular weight is 333 g/mol. The van der Waals surface area contributed by atoms with E-state index in [1.54, 1.807) is 16.0 Å². The molecular formula is C16H23N5OS. The molecule has 124 valence electrons. The zero-order chi connectivity index (χ0) is 16.6. The van der Waals surface area contributed by atoms with E-state index in [4.69, 9.17) is 5.73 Å². The Bertz CT molecular complexity index is 705. The van der Waals surface area contributed by atoms with E-state index in [9.17, 15) is 4.79 Å². The molecule has 1 amide bonds. The van der Waals surface area contributed by atoms with E-state index in [0.29, 0.717) is 18.2 Å². The Hall–Kier alpha value is -1.73. The molecule has 0 aliphatic carbocycles. The number of aryl methyl sites for hydroxylation is 1. The fourth-order valence-corrected chi connectivity index (χ4v) is 3.71. The predicted octanol–water partition coefficient (Wildman–Crippen LogP) is 1.89. The molecule has 0 unspecified atom stereocenters. The third kappa shape index (κ3) is 3.30. The first-order valence-electron chi connectivity index (χ1n) is 7.95. The number of rotatable bonds is 4. The van der Waals surface area contributed by atoms with Gasteiger partial charge >= 0.3 is 0 Å². The zero-order valence-electron chi connectivity index (χ0n) is 13.8. The van der Waals surface area contributed by atoms with E-state index in [0.717, 1.165) is 13.0 Å². The van der Waals surface area contributed by atoms with Crippen LogP contribution in [0.4, 0.5) is 0 Å². The SMILES string of the molecule is Cc1nc([C@@H](N)C(C)C)n(CC(=O)N2CCc3sccc3C2)n1. The number of nitrogens with two attached hydrogens (primary N) is 1. The van der Waals surface area contributed by atoms with Gasteiger partial charge in [-0.25, -0.2) is 9.67 Å². The summed E-state index contributed by atoms with van der Waals surface area (Å²) in [5, 5.41) is 6.46. The van der Waals surface area contributed by atoms with E-state index in [-0.39, 0.29) is 24.4 Å². The topological polar surface area (TPSA) is 77.0 Å². The molecule has 3 heterocycles. The molecule has 0 saturated heterocycles. The number of carbonyl (C=O) groups excluding carboxylic acids is 1. The average Bonchev–Trinajstić information content (AvgIpc) is 3.11. The summed E-state index contributed by atoms with van der Waals surface area (Å²) in [5.41, 5.74) is 7.48. The number of fused-ring (bicyclic) bond motifs is 1. The van der Waals surface area contributed by atoms with Gasteiger partial charge in [-0.2, -0.15) is 5.10 Å². The lowest BCUT2D eigenvalue weighted by atomic mass is 10.1. The van der Waals surface area contributed by atoms with Gasteiger partial charge in [-0.3, -0.25) is 4.79 Å². The van der Waals surface area contributed by atoms with Gasteiger partial charge in [0.05, 0.1) is 6.04 Å². The van der Waals surface area contributed by atoms with Crippen LogP contribution in [0.25, 0.3) is 0 Å². The van der Waals surface area contributed by atoms with Gasteiger partial charge in [0.2, 0.25) is 5.91 Å². The van der Waals surface area contributed by atoms with Crippen LogP contribution in [0.1, 0.15) is 42.0 Å². The van der Waals surface area contributed by atoms with Crippen molar-refractivity contribution in [2.45, 2.75) is 46.3 Å². The molecule has 1 aliphatic rings. The van der Waals surface area contributed by atoms with E-state index in [1.165, 1.54) is 10.4 Å². The van der Waals surface area contributed by atoms with Crippen LogP contribution in [0.15, 0.2) is 11.4 Å². The van der Waals surface area contributed by atoms with Crippen molar-refractivity contribution in [1.29, 1.82) is 0 Å². The Labute approximate surface area is 140 Å². The van der Waals surface area contributed by atoms with Crippen molar-refractivity contribution < 1.29 is 4.79 Å². The molecule has 0 bridgehead atoms. The predicted molar refractivity (Wildman–Crippen MR) is 90.0 cm³/mol. The van der Waals surface area contributed by atoms with Gasteiger partial charge in [-0.1, -0.05) is 13.8 Å². The van der Waals surface area contributed by atoms with Crippen LogP contribution >= 0.6 is 11.3 Å². The molecule has 0 spiro atoms. The van der Waals surface area contributed by atoms with Crippen LogP contribution in [-0.4, -0.2) is 32.1 Å². The number of nitrogens with zero attached hydrogens (tertiary/aromatic N) is 4. The zero-order valence-corrected chi connectivity index (χ0v) is 14.6. The Morgan fingerprint density at radius 3 is 3.00 bits per heavy atom. The normalized spacial score (nSPS) is 15.8. The van der Waals surface area contributed by atoms with Crippen LogP contribution < -0.4 is 5.73 Å². The molecule has 2 N–H and O–H groups in total. The molecule has 0 radical (unpaired) electrons. The number of amides is 1. The van der Waals surface area contributed by atoms with Gasteiger partial charge in [0.15, 0.2) is 0 Å². The largest absolute Gasteiger partial charge is 0.336 e. The van der Waals surface area contributed by atoms with Crippen LogP contribution in [0, 0.1) is 12.8 Å². The van der Waals surface area contributed by atoms with Crippen LogP contribution in [0.2, 0.25) is 0 Å². The minimum atomic E-state index is -0.214. The van der Waals surface area contributed by atoms with E-state index >= 15 is 0 Å². The maximum Gasteiger partial charge on any atom is 0.244 e. The second-order valence-electron chi connectivity index (χ2n) is 6.38. The highest BCUT2D eigenvalue weighted by atomic mass is 32.1. The summed E-state index contributed by atoms with van der Waals surface area (Å²) >= 11 is 1.77. The number of thiophene rings is 1. The Kier molecular flexibility index (Phi) is 4.50. The van der Waals surface area contributed by atoms with Crippen molar-refractivity contribution in [1.82, 2.24) is 19.7 Å². The first-order valence-corrected chi connectivity index (χ1v) is 8.83. The standard InChI is InChI=1S/C16H23N5OS/c1-10(2)15(17)16-18-11(3)19-21(16)9-14(22)20-6-4-13-12(8-20)5-7-23-13/h5,7,10,15H,4,6,8-9,17H2,1-3H3/t15-/m0/s1. The molecule has 0 fully saturated rings. The number of hydrogen-bond acceptors (Lipinski definition) is 5. The van der Waals surface area contributed by atoms with Crippen molar-refractivity contribution >= 4 is 17.2 Å². The van der Waals surface area contributed by atoms with Crippen molar-refractivity contribution in [2.24, 2.45) is 11.7 Å². The van der Waals surface area contributed by atoms with Crippen molar-refractivity contribution in [3.8, 4) is 0 Å². The Morgan fingerprint density at radius 1 is 1.48 bits per heavy atom. The molecule has 6 nitrogen and oxygen atoms in total. The van der Waals surface area contributed by atoms with Crippen LogP contribution in [0.5, 0.6) is 0 Å². The summed E-state index contributed by atoms with van der Waals surface area (Å²) in [6, 6.07) is 1.90. The third-order valence-corrected chi connectivity index (χ3v) is 5.29. The summed E-state index contributed by atoms with van der Waals surface area (Å²) in [6.45, 7) is 7.59. The third-order valence-electron chi connectivity index (χ3n) is 4.27. The first-order chi connectivity index (χ1) is 11.0. The van der Waals surface area contributed by atoms with Crippen molar-refractivity contribution in [3.63, 3.8) is 0 Å². The summed E-state index contributed by atoms with van der Waals surface area (Å²) in [5.74, 6) is 1.67. The maximum atomic E-state index is 12.7. The minimum Gasteiger partial charge on any atom is -0.336 e. The Morgan fingerprint density at radius 2 is 2.26 bits per heavy atom. The van der Waals surface area contributed by atoms with E-state index < -0.39 is 0 Å². The molecule has 0 aromatic carbocycles. The van der Waals surface area contributed by atoms with Gasteiger partial charge < -0.3 is 10.6 Å². The van der Waals surface area contributed by atoms with Gasteiger partial charge in [0.25, 0.3) is 0 Å². The van der Waals surface area contributed by atoms with Crippen LogP contribution in [-0.2, 0) is 24.3 Å². The summed E-state index contributed by atoms with van der Waals surface area (Å²) in [6.07, 6.45) is 0.938. The lowest BCUT2D eigenvalue weighted by molar-refractivity contribution is -0.133. The lowest BCUT2D eigenvalue weighted by Crippen LogP contribution is -2.38. The molecule has 7 heteroatoms. The molecule has 23 heavy (non-hydrogen) atoms. The van der Waals surface area contributed by atoms with Gasteiger partial charge in [-0.05, 0) is 36.3 Å². The molecule has 1 aliphatic heterocycles. The first kappa shape index (κ1) is 16.1. The Balaban J connectivity index is 1.74. The van der Waals surface area contributed by atoms with E-state index in [2.05, 4.69) is 21.5 Å². The van der Waals surface area contributed by atoms with Crippen molar-refractivity contribution in [2.75, 3.05) is 6.54 Å². The summed E-state index contributed by atoms with van der Waals surface area (Å²) < 4.78 is 1.67.